The second-order valence-corrected chi connectivity index (χ2v) is 6.35. The third-order valence-corrected chi connectivity index (χ3v) is 4.19. The monoisotopic (exact) mass is 254 g/mol. The van der Waals surface area contributed by atoms with Crippen molar-refractivity contribution >= 4 is 11.3 Å². The average Bonchev–Trinajstić information content (AvgIpc) is 2.64. The zero-order chi connectivity index (χ0) is 13.0. The first kappa shape index (κ1) is 14.7. The second kappa shape index (κ2) is 6.53. The number of hydrogen-bond donors (Lipinski definition) is 1. The third kappa shape index (κ3) is 3.80. The van der Waals surface area contributed by atoms with Crippen LogP contribution < -0.4 is 5.73 Å². The maximum absolute atomic E-state index is 6.01. The Kier molecular flexibility index (Phi) is 5.63. The highest BCUT2D eigenvalue weighted by Gasteiger charge is 2.24. The summed E-state index contributed by atoms with van der Waals surface area (Å²) in [5, 5.41) is 2.17. The summed E-state index contributed by atoms with van der Waals surface area (Å²) in [5.41, 5.74) is 7.39. The minimum absolute atomic E-state index is 0.373. The summed E-state index contributed by atoms with van der Waals surface area (Å²) in [6, 6.07) is 3.10. The van der Waals surface area contributed by atoms with Crippen LogP contribution in [0.5, 0.6) is 0 Å². The van der Waals surface area contributed by atoms with Gasteiger partial charge in [0.25, 0.3) is 0 Å². The quantitative estimate of drug-likeness (QED) is 0.843. The lowest BCUT2D eigenvalue weighted by molar-refractivity contribution is 0.140. The number of aryl methyl sites for hydroxylation is 1. The number of nitrogens with zero attached hydrogens (tertiary/aromatic N) is 1. The fourth-order valence-corrected chi connectivity index (χ4v) is 3.30. The van der Waals surface area contributed by atoms with E-state index in [4.69, 9.17) is 5.73 Å². The van der Waals surface area contributed by atoms with Crippen molar-refractivity contribution < 1.29 is 0 Å². The van der Waals surface area contributed by atoms with Gasteiger partial charge in [-0.15, -0.1) is 11.3 Å². The van der Waals surface area contributed by atoms with Gasteiger partial charge in [0.15, 0.2) is 0 Å². The van der Waals surface area contributed by atoms with Crippen molar-refractivity contribution in [1.29, 1.82) is 0 Å². The molecule has 0 aliphatic carbocycles. The van der Waals surface area contributed by atoms with Gasteiger partial charge in [-0.2, -0.15) is 0 Å². The lowest BCUT2D eigenvalue weighted by Crippen LogP contribution is -2.40. The highest BCUT2D eigenvalue weighted by Crippen LogP contribution is 2.30. The lowest BCUT2D eigenvalue weighted by atomic mass is 10.1. The van der Waals surface area contributed by atoms with Crippen LogP contribution in [-0.2, 0) is 0 Å². The third-order valence-electron chi connectivity index (χ3n) is 3.07. The summed E-state index contributed by atoms with van der Waals surface area (Å²) in [6.07, 6.45) is 0. The van der Waals surface area contributed by atoms with E-state index >= 15 is 0 Å². The van der Waals surface area contributed by atoms with Crippen LogP contribution in [0.15, 0.2) is 11.4 Å². The van der Waals surface area contributed by atoms with Gasteiger partial charge >= 0.3 is 0 Å². The van der Waals surface area contributed by atoms with Crippen molar-refractivity contribution in [1.82, 2.24) is 4.90 Å². The van der Waals surface area contributed by atoms with Crippen molar-refractivity contribution in [3.63, 3.8) is 0 Å². The Morgan fingerprint density at radius 1 is 1.29 bits per heavy atom. The Labute approximate surface area is 110 Å². The molecule has 0 aliphatic heterocycles. The van der Waals surface area contributed by atoms with Gasteiger partial charge in [0.2, 0.25) is 0 Å². The molecule has 1 rings (SSSR count). The molecule has 1 aromatic heterocycles. The molecule has 1 heterocycles. The fraction of sp³-hybridized carbons (Fsp3) is 0.714. The van der Waals surface area contributed by atoms with Crippen molar-refractivity contribution in [3.05, 3.63) is 21.9 Å². The van der Waals surface area contributed by atoms with Gasteiger partial charge < -0.3 is 5.73 Å². The first-order valence-electron chi connectivity index (χ1n) is 6.47. The summed E-state index contributed by atoms with van der Waals surface area (Å²) in [5.74, 6) is 0.673. The molecular weight excluding hydrogens is 228 g/mol. The van der Waals surface area contributed by atoms with Gasteiger partial charge in [-0.1, -0.05) is 13.8 Å². The van der Waals surface area contributed by atoms with Crippen molar-refractivity contribution in [2.75, 3.05) is 13.1 Å². The van der Waals surface area contributed by atoms with Crippen molar-refractivity contribution in [2.45, 2.75) is 46.7 Å². The second-order valence-electron chi connectivity index (χ2n) is 5.40. The molecular formula is C14H26N2S. The Hall–Kier alpha value is -0.380. The van der Waals surface area contributed by atoms with Gasteiger partial charge in [0, 0.05) is 24.0 Å². The van der Waals surface area contributed by atoms with Crippen LogP contribution in [-0.4, -0.2) is 24.0 Å². The van der Waals surface area contributed by atoms with Crippen LogP contribution in [0, 0.1) is 12.8 Å². The predicted octanol–water partition coefficient (Wildman–Crippen LogP) is 3.42. The lowest BCUT2D eigenvalue weighted by Gasteiger charge is -2.35. The zero-order valence-corrected chi connectivity index (χ0v) is 12.6. The molecule has 2 nitrogen and oxygen atoms in total. The highest BCUT2D eigenvalue weighted by molar-refractivity contribution is 7.10. The normalized spacial score (nSPS) is 13.9. The zero-order valence-electron chi connectivity index (χ0n) is 11.7. The van der Waals surface area contributed by atoms with E-state index in [0.29, 0.717) is 24.5 Å². The fourth-order valence-electron chi connectivity index (χ4n) is 2.24. The van der Waals surface area contributed by atoms with E-state index < -0.39 is 0 Å². The summed E-state index contributed by atoms with van der Waals surface area (Å²) < 4.78 is 0. The van der Waals surface area contributed by atoms with Crippen LogP contribution in [0.1, 0.15) is 44.2 Å². The first-order chi connectivity index (χ1) is 7.97. The number of thiophene rings is 1. The molecule has 0 amide bonds. The van der Waals surface area contributed by atoms with E-state index in [9.17, 15) is 0 Å². The smallest absolute Gasteiger partial charge is 0.0569 e. The largest absolute Gasteiger partial charge is 0.329 e. The van der Waals surface area contributed by atoms with E-state index in [1.807, 2.05) is 11.3 Å². The number of hydrogen-bond acceptors (Lipinski definition) is 3. The van der Waals surface area contributed by atoms with Gasteiger partial charge in [-0.3, -0.25) is 4.90 Å². The molecule has 0 bridgehead atoms. The minimum atomic E-state index is 0.373. The van der Waals surface area contributed by atoms with Crippen molar-refractivity contribution in [2.24, 2.45) is 11.7 Å². The summed E-state index contributed by atoms with van der Waals surface area (Å²) in [4.78, 5) is 3.96. The van der Waals surface area contributed by atoms with E-state index in [-0.39, 0.29) is 0 Å². The molecule has 0 aliphatic rings. The summed E-state index contributed by atoms with van der Waals surface area (Å²) >= 11 is 1.83. The Bertz CT molecular complexity index is 331. The number of nitrogens with two attached hydrogens (primary N) is 1. The van der Waals surface area contributed by atoms with Gasteiger partial charge in [-0.25, -0.2) is 0 Å². The molecule has 3 heteroatoms. The molecule has 1 unspecified atom stereocenters. The van der Waals surface area contributed by atoms with Crippen molar-refractivity contribution in [3.8, 4) is 0 Å². The molecule has 0 fully saturated rings. The average molecular weight is 254 g/mol. The van der Waals surface area contributed by atoms with Gasteiger partial charge in [0.1, 0.15) is 0 Å². The van der Waals surface area contributed by atoms with Crippen LogP contribution >= 0.6 is 11.3 Å². The molecule has 17 heavy (non-hydrogen) atoms. The predicted molar refractivity (Wildman–Crippen MR) is 77.5 cm³/mol. The van der Waals surface area contributed by atoms with E-state index in [1.54, 1.807) is 0 Å². The maximum Gasteiger partial charge on any atom is 0.0569 e. The molecule has 0 saturated heterocycles. The van der Waals surface area contributed by atoms with Crippen LogP contribution in [0.4, 0.5) is 0 Å². The van der Waals surface area contributed by atoms with Gasteiger partial charge in [0.05, 0.1) is 6.04 Å². The number of rotatable bonds is 6. The SMILES string of the molecule is Cc1ccsc1C(CN)N(CC(C)C)C(C)C. The maximum atomic E-state index is 6.01. The first-order valence-corrected chi connectivity index (χ1v) is 7.35. The Balaban J connectivity index is 2.93. The molecule has 1 aromatic rings. The van der Waals surface area contributed by atoms with Gasteiger partial charge in [-0.05, 0) is 43.7 Å². The molecule has 0 saturated carbocycles. The van der Waals surface area contributed by atoms with Crippen LogP contribution in [0.3, 0.4) is 0 Å². The molecule has 98 valence electrons. The summed E-state index contributed by atoms with van der Waals surface area (Å²) in [6.45, 7) is 13.0. The molecule has 0 radical (unpaired) electrons. The van der Waals surface area contributed by atoms with Crippen LogP contribution in [0.2, 0.25) is 0 Å². The highest BCUT2D eigenvalue weighted by atomic mass is 32.1. The standard InChI is InChI=1S/C14H26N2S/c1-10(2)9-16(11(3)4)13(8-15)14-12(5)6-7-17-14/h6-7,10-11,13H,8-9,15H2,1-5H3. The molecule has 2 N–H and O–H groups in total. The summed E-state index contributed by atoms with van der Waals surface area (Å²) in [7, 11) is 0. The minimum Gasteiger partial charge on any atom is -0.329 e. The Morgan fingerprint density at radius 2 is 1.94 bits per heavy atom. The van der Waals surface area contributed by atoms with E-state index in [2.05, 4.69) is 51.0 Å². The molecule has 0 aromatic carbocycles. The van der Waals surface area contributed by atoms with Crippen LogP contribution in [0.25, 0.3) is 0 Å². The molecule has 1 atom stereocenters. The molecule has 0 spiro atoms. The topological polar surface area (TPSA) is 29.3 Å². The van der Waals surface area contributed by atoms with E-state index in [1.165, 1.54) is 10.4 Å². The van der Waals surface area contributed by atoms with E-state index in [0.717, 1.165) is 6.54 Å². The Morgan fingerprint density at radius 3 is 2.29 bits per heavy atom.